The third-order valence-corrected chi connectivity index (χ3v) is 4.40. The molecule has 1 aliphatic rings. The number of anilines is 1. The summed E-state index contributed by atoms with van der Waals surface area (Å²) < 4.78 is 41.3. The molecular formula is C17H17F3N4O3. The van der Waals surface area contributed by atoms with E-state index < -0.39 is 41.5 Å². The Kier molecular flexibility index (Phi) is 5.06. The second kappa shape index (κ2) is 7.29. The Balaban J connectivity index is 1.76. The van der Waals surface area contributed by atoms with E-state index in [1.807, 2.05) is 0 Å². The zero-order chi connectivity index (χ0) is 19.6. The van der Waals surface area contributed by atoms with E-state index in [4.69, 9.17) is 5.11 Å². The van der Waals surface area contributed by atoms with Gasteiger partial charge < -0.3 is 15.7 Å². The van der Waals surface area contributed by atoms with E-state index in [1.54, 1.807) is 18.2 Å². The first-order chi connectivity index (χ1) is 12.8. The van der Waals surface area contributed by atoms with Crippen molar-refractivity contribution in [2.75, 3.05) is 5.32 Å². The minimum Gasteiger partial charge on any atom is -0.481 e. The minimum atomic E-state index is -4.74. The number of urea groups is 1. The van der Waals surface area contributed by atoms with E-state index in [2.05, 4.69) is 15.7 Å². The van der Waals surface area contributed by atoms with Crippen LogP contribution in [0.1, 0.15) is 25.0 Å². The van der Waals surface area contributed by atoms with Crippen molar-refractivity contribution >= 4 is 17.7 Å². The molecule has 1 aromatic carbocycles. The molecule has 0 saturated heterocycles. The number of nitrogens with zero attached hydrogens (tertiary/aromatic N) is 2. The summed E-state index contributed by atoms with van der Waals surface area (Å²) in [5.41, 5.74) is -1.37. The topological polar surface area (TPSA) is 96.3 Å². The number of aliphatic carboxylic acids is 1. The van der Waals surface area contributed by atoms with Crippen LogP contribution in [0, 0.1) is 5.92 Å². The number of alkyl halides is 3. The molecule has 1 heterocycles. The number of amides is 2. The van der Waals surface area contributed by atoms with Gasteiger partial charge in [-0.25, -0.2) is 9.48 Å². The van der Waals surface area contributed by atoms with Crippen LogP contribution in [-0.4, -0.2) is 32.9 Å². The van der Waals surface area contributed by atoms with Gasteiger partial charge in [-0.1, -0.05) is 18.2 Å². The van der Waals surface area contributed by atoms with Crippen LogP contribution < -0.4 is 10.6 Å². The molecule has 0 bridgehead atoms. The fourth-order valence-electron chi connectivity index (χ4n) is 3.16. The van der Waals surface area contributed by atoms with Crippen molar-refractivity contribution in [3.63, 3.8) is 0 Å². The molecule has 2 amide bonds. The Morgan fingerprint density at radius 2 is 1.89 bits per heavy atom. The summed E-state index contributed by atoms with van der Waals surface area (Å²) in [4.78, 5) is 23.0. The van der Waals surface area contributed by atoms with Crippen molar-refractivity contribution in [1.82, 2.24) is 15.1 Å². The molecule has 1 fully saturated rings. The second-order valence-corrected chi connectivity index (χ2v) is 6.30. The third kappa shape index (κ3) is 4.21. The Morgan fingerprint density at radius 1 is 1.19 bits per heavy atom. The van der Waals surface area contributed by atoms with Crippen LogP contribution in [0.15, 0.2) is 36.5 Å². The van der Waals surface area contributed by atoms with Gasteiger partial charge in [-0.2, -0.15) is 18.3 Å². The van der Waals surface area contributed by atoms with Crippen LogP contribution in [0.3, 0.4) is 0 Å². The number of carbonyl (C=O) groups is 2. The summed E-state index contributed by atoms with van der Waals surface area (Å²) >= 11 is 0. The molecule has 1 aromatic heterocycles. The quantitative estimate of drug-likeness (QED) is 0.756. The molecule has 1 aliphatic carbocycles. The van der Waals surface area contributed by atoms with Crippen molar-refractivity contribution in [2.24, 2.45) is 5.92 Å². The average molecular weight is 382 g/mol. The molecule has 7 nitrogen and oxygen atoms in total. The SMILES string of the molecule is O=C(Nc1cnn(-c2ccccc2)c1C(F)(F)F)N[C@H]1CC[C@@H](C(=O)O)C1. The molecule has 10 heteroatoms. The zero-order valence-corrected chi connectivity index (χ0v) is 14.0. The molecule has 2 aromatic rings. The summed E-state index contributed by atoms with van der Waals surface area (Å²) in [5, 5.41) is 17.4. The number of aromatic nitrogens is 2. The first-order valence-corrected chi connectivity index (χ1v) is 8.26. The first-order valence-electron chi connectivity index (χ1n) is 8.26. The van der Waals surface area contributed by atoms with Gasteiger partial charge in [-0.3, -0.25) is 4.79 Å². The van der Waals surface area contributed by atoms with Crippen molar-refractivity contribution in [1.29, 1.82) is 0 Å². The molecule has 1 saturated carbocycles. The lowest BCUT2D eigenvalue weighted by atomic mass is 10.1. The fraction of sp³-hybridized carbons (Fsp3) is 0.353. The predicted octanol–water partition coefficient (Wildman–Crippen LogP) is 3.27. The van der Waals surface area contributed by atoms with Gasteiger partial charge in [-0.15, -0.1) is 0 Å². The molecule has 0 aliphatic heterocycles. The summed E-state index contributed by atoms with van der Waals surface area (Å²) in [6, 6.07) is 6.53. The summed E-state index contributed by atoms with van der Waals surface area (Å²) in [5.74, 6) is -1.50. The minimum absolute atomic E-state index is 0.207. The lowest BCUT2D eigenvalue weighted by Gasteiger charge is -2.15. The van der Waals surface area contributed by atoms with Crippen molar-refractivity contribution in [3.8, 4) is 5.69 Å². The normalized spacial score (nSPS) is 19.7. The monoisotopic (exact) mass is 382 g/mol. The summed E-state index contributed by atoms with van der Waals surface area (Å²) in [6.45, 7) is 0. The van der Waals surface area contributed by atoms with Gasteiger partial charge in [0.15, 0.2) is 5.69 Å². The van der Waals surface area contributed by atoms with Crippen LogP contribution in [0.5, 0.6) is 0 Å². The molecule has 3 N–H and O–H groups in total. The van der Waals surface area contributed by atoms with Gasteiger partial charge >= 0.3 is 18.2 Å². The molecule has 0 unspecified atom stereocenters. The number of halogens is 3. The number of hydrogen-bond acceptors (Lipinski definition) is 3. The van der Waals surface area contributed by atoms with E-state index in [0.29, 0.717) is 17.5 Å². The Bertz CT molecular complexity index is 836. The Morgan fingerprint density at radius 3 is 2.48 bits per heavy atom. The number of nitrogens with one attached hydrogen (secondary N) is 2. The number of benzene rings is 1. The van der Waals surface area contributed by atoms with Crippen LogP contribution in [-0.2, 0) is 11.0 Å². The highest BCUT2D eigenvalue weighted by Gasteiger charge is 2.39. The van der Waals surface area contributed by atoms with E-state index in [-0.39, 0.29) is 12.1 Å². The lowest BCUT2D eigenvalue weighted by Crippen LogP contribution is -2.37. The van der Waals surface area contributed by atoms with Gasteiger partial charge in [0.2, 0.25) is 0 Å². The Hall–Kier alpha value is -3.04. The number of carboxylic acids is 1. The van der Waals surface area contributed by atoms with Crippen molar-refractivity contribution < 1.29 is 27.9 Å². The average Bonchev–Trinajstić information content (AvgIpc) is 3.22. The number of rotatable bonds is 4. The molecule has 0 spiro atoms. The van der Waals surface area contributed by atoms with E-state index in [0.717, 1.165) is 6.20 Å². The molecule has 144 valence electrons. The second-order valence-electron chi connectivity index (χ2n) is 6.30. The largest absolute Gasteiger partial charge is 0.481 e. The highest BCUT2D eigenvalue weighted by atomic mass is 19.4. The third-order valence-electron chi connectivity index (χ3n) is 4.40. The van der Waals surface area contributed by atoms with Gasteiger partial charge in [-0.05, 0) is 31.4 Å². The van der Waals surface area contributed by atoms with Crippen LogP contribution in [0.4, 0.5) is 23.7 Å². The molecular weight excluding hydrogens is 365 g/mol. The van der Waals surface area contributed by atoms with Crippen molar-refractivity contribution in [2.45, 2.75) is 31.5 Å². The highest BCUT2D eigenvalue weighted by molar-refractivity contribution is 5.90. The maximum absolute atomic E-state index is 13.5. The fourth-order valence-corrected chi connectivity index (χ4v) is 3.16. The van der Waals surface area contributed by atoms with Crippen LogP contribution in [0.25, 0.3) is 5.69 Å². The van der Waals surface area contributed by atoms with E-state index in [9.17, 15) is 22.8 Å². The van der Waals surface area contributed by atoms with Crippen molar-refractivity contribution in [3.05, 3.63) is 42.2 Å². The number of carboxylic acid groups (broad SMARTS) is 1. The van der Waals surface area contributed by atoms with Gasteiger partial charge in [0.25, 0.3) is 0 Å². The lowest BCUT2D eigenvalue weighted by molar-refractivity contribution is -0.142. The van der Waals surface area contributed by atoms with E-state index in [1.165, 1.54) is 12.1 Å². The first kappa shape index (κ1) is 18.7. The number of carbonyl (C=O) groups excluding carboxylic acids is 1. The molecule has 3 rings (SSSR count). The van der Waals surface area contributed by atoms with Gasteiger partial charge in [0, 0.05) is 6.04 Å². The number of hydrogen-bond donors (Lipinski definition) is 3. The summed E-state index contributed by atoms with van der Waals surface area (Å²) in [6.07, 6.45) is -2.68. The van der Waals surface area contributed by atoms with Crippen LogP contribution >= 0.6 is 0 Å². The zero-order valence-electron chi connectivity index (χ0n) is 14.0. The smallest absolute Gasteiger partial charge is 0.435 e. The van der Waals surface area contributed by atoms with Gasteiger partial charge in [0.05, 0.1) is 23.5 Å². The van der Waals surface area contributed by atoms with Crippen LogP contribution in [0.2, 0.25) is 0 Å². The molecule has 27 heavy (non-hydrogen) atoms. The predicted molar refractivity (Wildman–Crippen MR) is 89.5 cm³/mol. The maximum Gasteiger partial charge on any atom is 0.435 e. The molecule has 2 atom stereocenters. The van der Waals surface area contributed by atoms with Gasteiger partial charge in [0.1, 0.15) is 0 Å². The molecule has 0 radical (unpaired) electrons. The Labute approximate surface area is 152 Å². The maximum atomic E-state index is 13.5. The highest BCUT2D eigenvalue weighted by Crippen LogP contribution is 2.36. The standard InChI is InChI=1S/C17H17F3N4O3/c18-17(19,20)14-13(9-21-24(14)12-4-2-1-3-5-12)23-16(27)22-11-7-6-10(8-11)15(25)26/h1-5,9-11H,6-8H2,(H,25,26)(H2,22,23,27)/t10-,11+/m1/s1. The number of para-hydroxylation sites is 1. The van der Waals surface area contributed by atoms with E-state index >= 15 is 0 Å². The summed E-state index contributed by atoms with van der Waals surface area (Å²) in [7, 11) is 0.